The first kappa shape index (κ1) is 31.8. The average molecular weight is 584 g/mol. The number of aliphatic imine (C=N–C) groups is 1. The summed E-state index contributed by atoms with van der Waals surface area (Å²) < 4.78 is 0. The SMILES string of the molecule is C=C(CN1CCCC1(C)C)/C(CC)=N\C(=C/C)c1cccc(-c2cccc(-c3cnc(CNC)c(CC)n3)c2C)c1Cl. The maximum absolute atomic E-state index is 7.20. The highest BCUT2D eigenvalue weighted by Gasteiger charge is 2.32. The van der Waals surface area contributed by atoms with E-state index in [2.05, 4.69) is 87.8 Å². The predicted octanol–water partition coefficient (Wildman–Crippen LogP) is 8.70. The maximum Gasteiger partial charge on any atom is 0.0891 e. The second-order valence-corrected chi connectivity index (χ2v) is 12.1. The van der Waals surface area contributed by atoms with Gasteiger partial charge in [0.2, 0.25) is 0 Å². The van der Waals surface area contributed by atoms with Gasteiger partial charge >= 0.3 is 0 Å². The monoisotopic (exact) mass is 583 g/mol. The Morgan fingerprint density at radius 2 is 1.83 bits per heavy atom. The third kappa shape index (κ3) is 6.75. The standard InChI is InChI=1S/C36H46ClN5/c1-9-30(24(4)23-42-20-14-19-36(42,6)7)40-31(10-2)29-18-13-17-28(35(29)37)26-15-12-16-27(25(26)5)33-22-39-34(21-38-8)32(11-3)41-33/h10,12-13,15-18,22,38H,4,9,11,14,19-21,23H2,1-3,5-8H3/b31-10-,40-30-. The average Bonchev–Trinajstić information content (AvgIpc) is 3.31. The first-order valence-electron chi connectivity index (χ1n) is 15.2. The summed E-state index contributed by atoms with van der Waals surface area (Å²) in [5.74, 6) is 0. The van der Waals surface area contributed by atoms with Crippen molar-refractivity contribution in [2.75, 3.05) is 20.1 Å². The topological polar surface area (TPSA) is 53.4 Å². The summed E-state index contributed by atoms with van der Waals surface area (Å²) in [6.07, 6.45) is 8.03. The fourth-order valence-corrected chi connectivity index (χ4v) is 6.26. The second kappa shape index (κ2) is 13.9. The number of likely N-dealkylation sites (tertiary alicyclic amines) is 1. The summed E-state index contributed by atoms with van der Waals surface area (Å²) in [5.41, 5.74) is 11.2. The van der Waals surface area contributed by atoms with E-state index >= 15 is 0 Å². The maximum atomic E-state index is 7.20. The van der Waals surface area contributed by atoms with Crippen molar-refractivity contribution in [2.24, 2.45) is 4.99 Å². The number of aromatic nitrogens is 2. The number of hydrogen-bond acceptors (Lipinski definition) is 5. The van der Waals surface area contributed by atoms with E-state index < -0.39 is 0 Å². The molecule has 1 N–H and O–H groups in total. The van der Waals surface area contributed by atoms with E-state index in [-0.39, 0.29) is 5.54 Å². The lowest BCUT2D eigenvalue weighted by molar-refractivity contribution is 0.193. The van der Waals surface area contributed by atoms with E-state index in [1.54, 1.807) is 0 Å². The largest absolute Gasteiger partial charge is 0.314 e. The van der Waals surface area contributed by atoms with Gasteiger partial charge in [0, 0.05) is 41.0 Å². The van der Waals surface area contributed by atoms with Crippen molar-refractivity contribution in [3.8, 4) is 22.4 Å². The summed E-state index contributed by atoms with van der Waals surface area (Å²) in [4.78, 5) is 17.4. The van der Waals surface area contributed by atoms with E-state index in [0.717, 1.165) is 87.8 Å². The number of allylic oxidation sites excluding steroid dienone is 1. The van der Waals surface area contributed by atoms with Gasteiger partial charge in [-0.1, -0.05) is 74.5 Å². The van der Waals surface area contributed by atoms with Gasteiger partial charge in [-0.05, 0) is 83.7 Å². The van der Waals surface area contributed by atoms with Crippen LogP contribution in [0.3, 0.4) is 0 Å². The molecular formula is C36H46ClN5. The van der Waals surface area contributed by atoms with Gasteiger partial charge in [0.15, 0.2) is 0 Å². The second-order valence-electron chi connectivity index (χ2n) is 11.7. The molecule has 0 bridgehead atoms. The van der Waals surface area contributed by atoms with Gasteiger partial charge in [-0.15, -0.1) is 0 Å². The molecule has 0 radical (unpaired) electrons. The molecule has 0 spiro atoms. The molecule has 2 aromatic carbocycles. The number of hydrogen-bond donors (Lipinski definition) is 1. The Balaban J connectivity index is 1.69. The Hall–Kier alpha value is -3.12. The third-order valence-corrected chi connectivity index (χ3v) is 8.92. The molecule has 0 amide bonds. The molecule has 0 aliphatic carbocycles. The molecule has 0 unspecified atom stereocenters. The van der Waals surface area contributed by atoms with Crippen LogP contribution in [0.15, 0.2) is 65.8 Å². The molecule has 0 atom stereocenters. The van der Waals surface area contributed by atoms with Gasteiger partial charge in [0.25, 0.3) is 0 Å². The van der Waals surface area contributed by atoms with Crippen molar-refractivity contribution < 1.29 is 0 Å². The molecule has 1 aliphatic rings. The van der Waals surface area contributed by atoms with Crippen LogP contribution >= 0.6 is 11.6 Å². The zero-order chi connectivity index (χ0) is 30.4. The van der Waals surface area contributed by atoms with Crippen LogP contribution in [0.5, 0.6) is 0 Å². The first-order chi connectivity index (χ1) is 20.1. The number of nitrogens with zero attached hydrogens (tertiary/aromatic N) is 4. The fourth-order valence-electron chi connectivity index (χ4n) is 5.93. The van der Waals surface area contributed by atoms with Gasteiger partial charge < -0.3 is 5.32 Å². The molecule has 6 heteroatoms. The molecule has 42 heavy (non-hydrogen) atoms. The number of rotatable bonds is 11. The zero-order valence-corrected chi connectivity index (χ0v) is 27.2. The highest BCUT2D eigenvalue weighted by atomic mass is 35.5. The lowest BCUT2D eigenvalue weighted by Crippen LogP contribution is -2.40. The lowest BCUT2D eigenvalue weighted by Gasteiger charge is -2.32. The van der Waals surface area contributed by atoms with Crippen molar-refractivity contribution in [1.82, 2.24) is 20.2 Å². The van der Waals surface area contributed by atoms with Crippen molar-refractivity contribution in [2.45, 2.75) is 79.3 Å². The van der Waals surface area contributed by atoms with Crippen LogP contribution in [0.25, 0.3) is 28.1 Å². The fraction of sp³-hybridized carbons (Fsp3) is 0.417. The van der Waals surface area contributed by atoms with Crippen LogP contribution in [0.1, 0.15) is 76.4 Å². The van der Waals surface area contributed by atoms with Gasteiger partial charge in [-0.3, -0.25) is 14.9 Å². The van der Waals surface area contributed by atoms with E-state index in [1.165, 1.54) is 12.8 Å². The van der Waals surface area contributed by atoms with Crippen LogP contribution in [-0.4, -0.2) is 46.3 Å². The molecule has 5 nitrogen and oxygen atoms in total. The minimum atomic E-state index is 0.202. The summed E-state index contributed by atoms with van der Waals surface area (Å²) in [6, 6.07) is 12.5. The van der Waals surface area contributed by atoms with Crippen molar-refractivity contribution in [3.05, 3.63) is 88.4 Å². The summed E-state index contributed by atoms with van der Waals surface area (Å²) >= 11 is 7.20. The molecular weight excluding hydrogens is 538 g/mol. The van der Waals surface area contributed by atoms with Crippen molar-refractivity contribution >= 4 is 23.0 Å². The van der Waals surface area contributed by atoms with Crippen LogP contribution in [0.2, 0.25) is 5.02 Å². The quantitative estimate of drug-likeness (QED) is 0.229. The smallest absolute Gasteiger partial charge is 0.0891 e. The van der Waals surface area contributed by atoms with Crippen molar-refractivity contribution in [3.63, 3.8) is 0 Å². The molecule has 1 saturated heterocycles. The van der Waals surface area contributed by atoms with Crippen LogP contribution < -0.4 is 5.32 Å². The minimum Gasteiger partial charge on any atom is -0.314 e. The van der Waals surface area contributed by atoms with E-state index in [0.29, 0.717) is 11.6 Å². The molecule has 4 rings (SSSR count). The number of benzene rings is 2. The number of nitrogens with one attached hydrogen (secondary N) is 1. The number of halogens is 1. The van der Waals surface area contributed by atoms with E-state index in [9.17, 15) is 0 Å². The van der Waals surface area contributed by atoms with Crippen LogP contribution in [0.4, 0.5) is 0 Å². The molecule has 2 heterocycles. The molecule has 1 fully saturated rings. The van der Waals surface area contributed by atoms with Crippen LogP contribution in [-0.2, 0) is 13.0 Å². The van der Waals surface area contributed by atoms with Gasteiger partial charge in [-0.25, -0.2) is 4.98 Å². The van der Waals surface area contributed by atoms with Gasteiger partial charge in [-0.2, -0.15) is 0 Å². The minimum absolute atomic E-state index is 0.202. The highest BCUT2D eigenvalue weighted by molar-refractivity contribution is 6.35. The molecule has 0 saturated carbocycles. The lowest BCUT2D eigenvalue weighted by atomic mass is 9.93. The normalized spacial score (nSPS) is 15.8. The highest BCUT2D eigenvalue weighted by Crippen LogP contribution is 2.39. The summed E-state index contributed by atoms with van der Waals surface area (Å²) in [6.45, 7) is 20.2. The molecule has 1 aliphatic heterocycles. The Labute approximate surface area is 257 Å². The third-order valence-electron chi connectivity index (χ3n) is 8.51. The van der Waals surface area contributed by atoms with E-state index in [4.69, 9.17) is 26.6 Å². The Morgan fingerprint density at radius 3 is 2.48 bits per heavy atom. The van der Waals surface area contributed by atoms with Gasteiger partial charge in [0.05, 0.1) is 34.0 Å². The van der Waals surface area contributed by atoms with Crippen molar-refractivity contribution in [1.29, 1.82) is 0 Å². The Bertz CT molecular complexity index is 1500. The summed E-state index contributed by atoms with van der Waals surface area (Å²) in [5, 5.41) is 3.88. The number of aryl methyl sites for hydroxylation is 1. The first-order valence-corrected chi connectivity index (χ1v) is 15.6. The van der Waals surface area contributed by atoms with Crippen LogP contribution in [0, 0.1) is 6.92 Å². The van der Waals surface area contributed by atoms with Gasteiger partial charge in [0.1, 0.15) is 0 Å². The summed E-state index contributed by atoms with van der Waals surface area (Å²) in [7, 11) is 1.93. The Morgan fingerprint density at radius 1 is 1.12 bits per heavy atom. The Kier molecular flexibility index (Phi) is 10.5. The van der Waals surface area contributed by atoms with E-state index in [1.807, 2.05) is 26.2 Å². The zero-order valence-electron chi connectivity index (χ0n) is 26.4. The predicted molar refractivity (Wildman–Crippen MR) is 180 cm³/mol. The molecule has 3 aromatic rings. The molecule has 222 valence electrons. The molecule has 1 aromatic heterocycles.